The van der Waals surface area contributed by atoms with Crippen LogP contribution in [0.5, 0.6) is 0 Å². The largest absolute Gasteiger partial charge is 0.481 e. The molecule has 0 heterocycles. The molecule has 5 unspecified atom stereocenters. The van der Waals surface area contributed by atoms with Crippen molar-refractivity contribution in [1.82, 2.24) is 0 Å². The molecule has 2 N–H and O–H groups in total. The van der Waals surface area contributed by atoms with Crippen LogP contribution in [-0.4, -0.2) is 40.6 Å². The minimum Gasteiger partial charge on any atom is -0.481 e. The normalized spacial score (nSPS) is 49.8. The van der Waals surface area contributed by atoms with Gasteiger partial charge in [0.25, 0.3) is 0 Å². The number of hydrogen-bond acceptors (Lipinski definition) is 5. The van der Waals surface area contributed by atoms with Gasteiger partial charge in [-0.3, -0.25) is 14.4 Å². The Morgan fingerprint density at radius 2 is 1.97 bits per heavy atom. The Labute approximate surface area is 183 Å². The first kappa shape index (κ1) is 21.2. The lowest BCUT2D eigenvalue weighted by molar-refractivity contribution is -0.177. The second-order valence-corrected chi connectivity index (χ2v) is 11.4. The van der Waals surface area contributed by atoms with Crippen molar-refractivity contribution < 1.29 is 29.3 Å². The van der Waals surface area contributed by atoms with E-state index in [9.17, 15) is 24.6 Å². The van der Waals surface area contributed by atoms with E-state index < -0.39 is 11.6 Å². The molecule has 6 nitrogen and oxygen atoms in total. The lowest BCUT2D eigenvalue weighted by atomic mass is 9.43. The van der Waals surface area contributed by atoms with Crippen LogP contribution >= 0.6 is 0 Å². The monoisotopic (exact) mass is 430 g/mol. The predicted octanol–water partition coefficient (Wildman–Crippen LogP) is 3.37. The number of rotatable bonds is 4. The zero-order valence-corrected chi connectivity index (χ0v) is 18.7. The molecule has 4 fully saturated rings. The van der Waals surface area contributed by atoms with Crippen molar-refractivity contribution in [3.63, 3.8) is 0 Å². The van der Waals surface area contributed by atoms with Gasteiger partial charge in [-0.15, -0.1) is 0 Å². The number of carbonyl (C=O) groups excluding carboxylic acids is 2. The number of esters is 1. The summed E-state index contributed by atoms with van der Waals surface area (Å²) in [4.78, 5) is 36.5. The second kappa shape index (κ2) is 6.66. The first-order valence-electron chi connectivity index (χ1n) is 11.8. The molecule has 0 bridgehead atoms. The quantitative estimate of drug-likeness (QED) is 0.663. The maximum atomic E-state index is 13.0. The van der Waals surface area contributed by atoms with Crippen molar-refractivity contribution in [2.75, 3.05) is 7.11 Å². The van der Waals surface area contributed by atoms with E-state index >= 15 is 0 Å². The van der Waals surface area contributed by atoms with E-state index in [1.807, 2.05) is 0 Å². The fraction of sp³-hybridized carbons (Fsp3) is 0.800. The van der Waals surface area contributed by atoms with Gasteiger partial charge in [0, 0.05) is 18.3 Å². The summed E-state index contributed by atoms with van der Waals surface area (Å²) in [5.74, 6) is -0.158. The molecule has 5 aliphatic rings. The van der Waals surface area contributed by atoms with Gasteiger partial charge in [0.2, 0.25) is 0 Å². The fourth-order valence-corrected chi connectivity index (χ4v) is 8.83. The Morgan fingerprint density at radius 3 is 2.65 bits per heavy atom. The fourth-order valence-electron chi connectivity index (χ4n) is 8.83. The van der Waals surface area contributed by atoms with Crippen molar-refractivity contribution in [3.05, 3.63) is 11.6 Å². The summed E-state index contributed by atoms with van der Waals surface area (Å²) in [7, 11) is 1.44. The summed E-state index contributed by atoms with van der Waals surface area (Å²) in [6.45, 7) is 4.42. The third-order valence-corrected chi connectivity index (χ3v) is 10.4. The summed E-state index contributed by atoms with van der Waals surface area (Å²) < 4.78 is 5.25. The molecule has 6 heteroatoms. The molecule has 0 aromatic carbocycles. The lowest BCUT2D eigenvalue weighted by Gasteiger charge is -2.61. The molecule has 0 spiro atoms. The van der Waals surface area contributed by atoms with Crippen molar-refractivity contribution in [2.24, 2.45) is 46.3 Å². The van der Waals surface area contributed by atoms with Gasteiger partial charge in [0.15, 0.2) is 5.78 Å². The van der Waals surface area contributed by atoms with E-state index in [2.05, 4.69) is 13.8 Å². The number of carboxylic acids is 1. The topological polar surface area (TPSA) is 101 Å². The Kier molecular flexibility index (Phi) is 4.55. The van der Waals surface area contributed by atoms with Gasteiger partial charge in [-0.05, 0) is 79.6 Å². The smallest absolute Gasteiger partial charge is 0.309 e. The number of hydrogen-bond donors (Lipinski definition) is 2. The molecular formula is C25H34O6. The van der Waals surface area contributed by atoms with E-state index in [0.29, 0.717) is 18.8 Å². The Morgan fingerprint density at radius 1 is 1.23 bits per heavy atom. The van der Waals surface area contributed by atoms with E-state index in [4.69, 9.17) is 4.74 Å². The highest BCUT2D eigenvalue weighted by Gasteiger charge is 2.77. The van der Waals surface area contributed by atoms with Crippen LogP contribution in [0.25, 0.3) is 0 Å². The zero-order chi connectivity index (χ0) is 22.3. The van der Waals surface area contributed by atoms with Crippen molar-refractivity contribution in [3.8, 4) is 0 Å². The number of carbonyl (C=O) groups is 3. The molecule has 0 aromatic heterocycles. The summed E-state index contributed by atoms with van der Waals surface area (Å²) in [5.41, 5.74) is -0.343. The molecular weight excluding hydrogens is 396 g/mol. The molecule has 0 saturated heterocycles. The first-order valence-corrected chi connectivity index (χ1v) is 11.8. The van der Waals surface area contributed by atoms with Crippen LogP contribution in [0.3, 0.4) is 0 Å². The standard InChI is InChI=1S/C25H34O6/c1-23-7-4-14(26)10-13(23)11-16(22(29)31-3)20-17(23)5-8-24(2)21(20)15-12-18(15)25(24,30)9-6-19(27)28/h10,15-18,20-21,30H,4-9,11-12H2,1-3H3,(H,27,28)/t15?,16?,17?,18-,20?,21?,23-,24-,25-/m0/s1. The number of aliphatic carboxylic acids is 1. The third-order valence-electron chi connectivity index (χ3n) is 10.4. The van der Waals surface area contributed by atoms with E-state index in [-0.39, 0.29) is 65.0 Å². The summed E-state index contributed by atoms with van der Waals surface area (Å²) in [5, 5.41) is 21.2. The summed E-state index contributed by atoms with van der Waals surface area (Å²) in [6, 6.07) is 0. The van der Waals surface area contributed by atoms with Crippen molar-refractivity contribution in [2.45, 2.75) is 70.8 Å². The molecule has 4 saturated carbocycles. The van der Waals surface area contributed by atoms with Crippen molar-refractivity contribution in [1.29, 1.82) is 0 Å². The number of ether oxygens (including phenoxy) is 1. The van der Waals surface area contributed by atoms with Crippen molar-refractivity contribution >= 4 is 17.7 Å². The maximum absolute atomic E-state index is 13.0. The van der Waals surface area contributed by atoms with Crippen LogP contribution in [0, 0.1) is 46.3 Å². The minimum absolute atomic E-state index is 0.0245. The van der Waals surface area contributed by atoms with Gasteiger partial charge in [-0.25, -0.2) is 0 Å². The third kappa shape index (κ3) is 2.69. The second-order valence-electron chi connectivity index (χ2n) is 11.4. The lowest BCUT2D eigenvalue weighted by Crippen LogP contribution is -2.59. The SMILES string of the molecule is COC(=O)C1CC2=CC(=O)CC[C@]2(C)C2CC[C@@]3(C)C(C12)C1C[C@@H]1[C@@]3(O)CCC(=O)O. The van der Waals surface area contributed by atoms with E-state index in [1.54, 1.807) is 6.08 Å². The van der Waals surface area contributed by atoms with Crippen LogP contribution in [0.2, 0.25) is 0 Å². The molecule has 5 rings (SSSR count). The highest BCUT2D eigenvalue weighted by molar-refractivity contribution is 5.92. The molecule has 31 heavy (non-hydrogen) atoms. The maximum Gasteiger partial charge on any atom is 0.309 e. The molecule has 0 amide bonds. The number of aliphatic hydroxyl groups is 1. The van der Waals surface area contributed by atoms with Crippen LogP contribution in [0.15, 0.2) is 11.6 Å². The van der Waals surface area contributed by atoms with Gasteiger partial charge in [-0.2, -0.15) is 0 Å². The first-order chi connectivity index (χ1) is 14.6. The molecule has 0 aliphatic heterocycles. The van der Waals surface area contributed by atoms with Gasteiger partial charge in [0.1, 0.15) is 0 Å². The zero-order valence-electron chi connectivity index (χ0n) is 18.7. The van der Waals surface area contributed by atoms with E-state index in [1.165, 1.54) is 7.11 Å². The number of ketones is 1. The van der Waals surface area contributed by atoms with Gasteiger partial charge >= 0.3 is 11.9 Å². The highest BCUT2D eigenvalue weighted by atomic mass is 16.5. The summed E-state index contributed by atoms with van der Waals surface area (Å²) in [6.07, 6.45) is 6.65. The van der Waals surface area contributed by atoms with Crippen LogP contribution < -0.4 is 0 Å². The van der Waals surface area contributed by atoms with Crippen LogP contribution in [-0.2, 0) is 19.1 Å². The van der Waals surface area contributed by atoms with Gasteiger partial charge < -0.3 is 14.9 Å². The van der Waals surface area contributed by atoms with E-state index in [0.717, 1.165) is 31.3 Å². The van der Waals surface area contributed by atoms with Gasteiger partial charge in [-0.1, -0.05) is 19.4 Å². The number of carboxylic acid groups (broad SMARTS) is 1. The molecule has 0 aromatic rings. The van der Waals surface area contributed by atoms with Crippen LogP contribution in [0.1, 0.15) is 65.2 Å². The minimum atomic E-state index is -0.980. The molecule has 0 radical (unpaired) electrons. The number of fused-ring (bicyclic) bond motifs is 7. The number of methoxy groups -OCH3 is 1. The predicted molar refractivity (Wildman–Crippen MR) is 112 cm³/mol. The number of allylic oxidation sites excluding steroid dienone is 1. The summed E-state index contributed by atoms with van der Waals surface area (Å²) >= 11 is 0. The average molecular weight is 431 g/mol. The highest BCUT2D eigenvalue weighted by Crippen LogP contribution is 2.78. The molecule has 5 aliphatic carbocycles. The van der Waals surface area contributed by atoms with Gasteiger partial charge in [0.05, 0.1) is 18.6 Å². The Bertz CT molecular complexity index is 877. The molecule has 170 valence electrons. The average Bonchev–Trinajstić information content (AvgIpc) is 3.48. The Hall–Kier alpha value is -1.69. The van der Waals surface area contributed by atoms with Crippen LogP contribution in [0.4, 0.5) is 0 Å². The molecule has 9 atom stereocenters. The Balaban J connectivity index is 1.57.